The zero-order valence-corrected chi connectivity index (χ0v) is 17.7. The molecule has 3 N–H and O–H groups in total. The molecule has 1 aliphatic rings. The van der Waals surface area contributed by atoms with Gasteiger partial charge in [0.05, 0.1) is 0 Å². The number of carboxylic acid groups (broad SMARTS) is 1. The molecule has 156 valence electrons. The normalized spacial score (nSPS) is 23.7. The number of ether oxygens (including phenoxy) is 1. The average Bonchev–Trinajstić information content (AvgIpc) is 2.57. The Hall–Kier alpha value is -2.24. The van der Waals surface area contributed by atoms with E-state index in [0.29, 0.717) is 18.7 Å². The monoisotopic (exact) mass is 390 g/mol. The highest BCUT2D eigenvalue weighted by Gasteiger charge is 2.42. The van der Waals surface area contributed by atoms with Crippen LogP contribution >= 0.6 is 0 Å². The van der Waals surface area contributed by atoms with Crippen LogP contribution in [0.3, 0.4) is 0 Å². The lowest BCUT2D eigenvalue weighted by Gasteiger charge is -2.46. The minimum absolute atomic E-state index is 0.00343. The third kappa shape index (κ3) is 5.88. The second-order valence-corrected chi connectivity index (χ2v) is 9.05. The number of aryl methyl sites for hydroxylation is 1. The second kappa shape index (κ2) is 8.84. The van der Waals surface area contributed by atoms with E-state index in [1.54, 1.807) is 0 Å². The van der Waals surface area contributed by atoms with Crippen molar-refractivity contribution in [2.45, 2.75) is 72.8 Å². The van der Waals surface area contributed by atoms with Crippen LogP contribution in [0.15, 0.2) is 18.2 Å². The highest BCUT2D eigenvalue weighted by atomic mass is 16.6. The van der Waals surface area contributed by atoms with Gasteiger partial charge in [-0.15, -0.1) is 0 Å². The van der Waals surface area contributed by atoms with Crippen molar-refractivity contribution >= 4 is 12.2 Å². The Morgan fingerprint density at radius 1 is 1.18 bits per heavy atom. The molecule has 0 heterocycles. The van der Waals surface area contributed by atoms with Gasteiger partial charge in [-0.1, -0.05) is 46.8 Å². The van der Waals surface area contributed by atoms with Crippen LogP contribution in [0.1, 0.15) is 65.0 Å². The van der Waals surface area contributed by atoms with Crippen LogP contribution in [0.25, 0.3) is 0 Å². The van der Waals surface area contributed by atoms with Crippen LogP contribution < -0.4 is 15.4 Å². The summed E-state index contributed by atoms with van der Waals surface area (Å²) in [5.41, 5.74) is 2.05. The molecule has 28 heavy (non-hydrogen) atoms. The highest BCUT2D eigenvalue weighted by Crippen LogP contribution is 2.45. The Balaban J connectivity index is 2.02. The summed E-state index contributed by atoms with van der Waals surface area (Å²) >= 11 is 0. The van der Waals surface area contributed by atoms with Gasteiger partial charge in [-0.05, 0) is 60.1 Å². The van der Waals surface area contributed by atoms with E-state index >= 15 is 0 Å². The fraction of sp³-hybridized carbons (Fsp3) is 0.636. The van der Waals surface area contributed by atoms with Crippen molar-refractivity contribution in [3.05, 3.63) is 29.3 Å². The maximum Gasteiger partial charge on any atom is 0.412 e. The SMILES string of the molecule is CCc1cccc(OC(=O)NCC2(C)CC(NC(=O)O)CC(C)(C)C2)c1CC. The largest absolute Gasteiger partial charge is 0.465 e. The third-order valence-corrected chi connectivity index (χ3v) is 5.60. The summed E-state index contributed by atoms with van der Waals surface area (Å²) in [7, 11) is 0. The van der Waals surface area contributed by atoms with Crippen molar-refractivity contribution in [2.24, 2.45) is 10.8 Å². The molecule has 1 saturated carbocycles. The molecule has 2 unspecified atom stereocenters. The van der Waals surface area contributed by atoms with Crippen molar-refractivity contribution in [1.82, 2.24) is 10.6 Å². The molecule has 1 aliphatic carbocycles. The maximum absolute atomic E-state index is 12.4. The molecule has 0 radical (unpaired) electrons. The average molecular weight is 391 g/mol. The van der Waals surface area contributed by atoms with Crippen LogP contribution in [0.4, 0.5) is 9.59 Å². The number of hydrogen-bond acceptors (Lipinski definition) is 3. The van der Waals surface area contributed by atoms with E-state index < -0.39 is 12.2 Å². The van der Waals surface area contributed by atoms with Gasteiger partial charge in [0.25, 0.3) is 0 Å². The summed E-state index contributed by atoms with van der Waals surface area (Å²) < 4.78 is 5.60. The lowest BCUT2D eigenvalue weighted by Crippen LogP contribution is -2.50. The quantitative estimate of drug-likeness (QED) is 0.654. The lowest BCUT2D eigenvalue weighted by atomic mass is 9.62. The summed E-state index contributed by atoms with van der Waals surface area (Å²) in [6.45, 7) is 11.0. The molecule has 0 saturated heterocycles. The molecule has 6 nitrogen and oxygen atoms in total. The number of rotatable bonds is 6. The molecule has 2 amide bonds. The zero-order valence-electron chi connectivity index (χ0n) is 17.7. The van der Waals surface area contributed by atoms with E-state index in [1.807, 2.05) is 12.1 Å². The molecule has 0 spiro atoms. The first-order valence-electron chi connectivity index (χ1n) is 10.1. The number of amides is 2. The molecule has 2 rings (SSSR count). The third-order valence-electron chi connectivity index (χ3n) is 5.60. The molecule has 0 aromatic heterocycles. The van der Waals surface area contributed by atoms with Gasteiger partial charge in [0, 0.05) is 12.6 Å². The topological polar surface area (TPSA) is 87.7 Å². The predicted octanol–water partition coefficient (Wildman–Crippen LogP) is 4.75. The highest BCUT2D eigenvalue weighted by molar-refractivity contribution is 5.71. The van der Waals surface area contributed by atoms with Crippen LogP contribution in [0.2, 0.25) is 0 Å². The first kappa shape index (κ1) is 22.1. The van der Waals surface area contributed by atoms with E-state index in [4.69, 9.17) is 9.84 Å². The van der Waals surface area contributed by atoms with Gasteiger partial charge < -0.3 is 20.5 Å². The van der Waals surface area contributed by atoms with Gasteiger partial charge in [0.1, 0.15) is 5.75 Å². The van der Waals surface area contributed by atoms with Gasteiger partial charge in [-0.2, -0.15) is 0 Å². The van der Waals surface area contributed by atoms with Gasteiger partial charge in [0.15, 0.2) is 0 Å². The smallest absolute Gasteiger partial charge is 0.412 e. The van der Waals surface area contributed by atoms with Gasteiger partial charge in [0.2, 0.25) is 0 Å². The fourth-order valence-electron chi connectivity index (χ4n) is 4.91. The molecule has 1 aromatic carbocycles. The molecule has 1 fully saturated rings. The van der Waals surface area contributed by atoms with Crippen molar-refractivity contribution in [2.75, 3.05) is 6.54 Å². The van der Waals surface area contributed by atoms with Gasteiger partial charge in [-0.3, -0.25) is 0 Å². The Bertz CT molecular complexity index is 716. The number of carbonyl (C=O) groups is 2. The summed E-state index contributed by atoms with van der Waals surface area (Å²) in [5.74, 6) is 0.610. The van der Waals surface area contributed by atoms with Gasteiger partial charge in [-0.25, -0.2) is 9.59 Å². The molecular formula is C22H34N2O4. The van der Waals surface area contributed by atoms with Crippen molar-refractivity contribution in [3.63, 3.8) is 0 Å². The molecule has 2 atom stereocenters. The Kier molecular flexibility index (Phi) is 6.96. The van der Waals surface area contributed by atoms with Crippen LogP contribution in [-0.2, 0) is 12.8 Å². The number of nitrogens with one attached hydrogen (secondary N) is 2. The summed E-state index contributed by atoms with van der Waals surface area (Å²) in [4.78, 5) is 23.5. The maximum atomic E-state index is 12.4. The molecule has 0 aliphatic heterocycles. The summed E-state index contributed by atoms with van der Waals surface area (Å²) in [6.07, 6.45) is 2.63. The van der Waals surface area contributed by atoms with Crippen molar-refractivity contribution in [1.29, 1.82) is 0 Å². The predicted molar refractivity (Wildman–Crippen MR) is 110 cm³/mol. The van der Waals surface area contributed by atoms with E-state index in [1.165, 1.54) is 5.56 Å². The van der Waals surface area contributed by atoms with E-state index in [0.717, 1.165) is 31.2 Å². The van der Waals surface area contributed by atoms with E-state index in [9.17, 15) is 9.59 Å². The van der Waals surface area contributed by atoms with Crippen molar-refractivity contribution in [3.8, 4) is 5.75 Å². The first-order chi connectivity index (χ1) is 13.1. The Labute approximate surface area is 168 Å². The molecule has 1 aromatic rings. The minimum Gasteiger partial charge on any atom is -0.465 e. The number of carbonyl (C=O) groups excluding carboxylic acids is 1. The molecule has 6 heteroatoms. The first-order valence-corrected chi connectivity index (χ1v) is 10.1. The minimum atomic E-state index is -1.000. The molecular weight excluding hydrogens is 356 g/mol. The van der Waals surface area contributed by atoms with Crippen molar-refractivity contribution < 1.29 is 19.4 Å². The summed E-state index contributed by atoms with van der Waals surface area (Å²) in [5, 5.41) is 14.6. The Morgan fingerprint density at radius 3 is 2.50 bits per heavy atom. The number of benzene rings is 1. The van der Waals surface area contributed by atoms with Crippen LogP contribution in [0.5, 0.6) is 5.75 Å². The zero-order chi connectivity index (χ0) is 20.9. The second-order valence-electron chi connectivity index (χ2n) is 9.05. The van der Waals surface area contributed by atoms with E-state index in [-0.39, 0.29) is 16.9 Å². The fourth-order valence-corrected chi connectivity index (χ4v) is 4.91. The van der Waals surface area contributed by atoms with Crippen LogP contribution in [-0.4, -0.2) is 29.9 Å². The standard InChI is InChI=1S/C22H34N2O4/c1-6-15-9-8-10-18(17(15)7-2)28-20(27)23-14-22(5)12-16(24-19(25)26)11-21(3,4)13-22/h8-10,16,24H,6-7,11-14H2,1-5H3,(H,23,27)(H,25,26). The lowest BCUT2D eigenvalue weighted by molar-refractivity contribution is 0.0695. The molecule has 0 bridgehead atoms. The van der Waals surface area contributed by atoms with E-state index in [2.05, 4.69) is 51.3 Å². The van der Waals surface area contributed by atoms with Gasteiger partial charge >= 0.3 is 12.2 Å². The number of hydrogen-bond donors (Lipinski definition) is 3. The Morgan fingerprint density at radius 2 is 1.89 bits per heavy atom. The summed E-state index contributed by atoms with van der Waals surface area (Å²) in [6, 6.07) is 5.69. The van der Waals surface area contributed by atoms with Crippen LogP contribution in [0, 0.1) is 10.8 Å².